The highest BCUT2D eigenvalue weighted by molar-refractivity contribution is 5.97. The van der Waals surface area contributed by atoms with E-state index >= 15 is 0 Å². The van der Waals surface area contributed by atoms with E-state index in [1.807, 2.05) is 25.1 Å². The van der Waals surface area contributed by atoms with Gasteiger partial charge in [-0.3, -0.25) is 9.59 Å². The number of nitriles is 1. The molecule has 112 valence electrons. The van der Waals surface area contributed by atoms with Crippen molar-refractivity contribution < 1.29 is 9.59 Å². The number of hydrogen-bond acceptors (Lipinski definition) is 4. The summed E-state index contributed by atoms with van der Waals surface area (Å²) in [7, 11) is 3.84. The van der Waals surface area contributed by atoms with E-state index in [1.165, 1.54) is 11.8 Å². The minimum Gasteiger partial charge on any atom is -0.353 e. The van der Waals surface area contributed by atoms with Crippen LogP contribution in [0.15, 0.2) is 24.3 Å². The predicted molar refractivity (Wildman–Crippen MR) is 80.7 cm³/mol. The Morgan fingerprint density at radius 1 is 1.33 bits per heavy atom. The summed E-state index contributed by atoms with van der Waals surface area (Å²) < 4.78 is 0. The Bertz CT molecular complexity index is 549. The summed E-state index contributed by atoms with van der Waals surface area (Å²) in [5.41, 5.74) is 0.996. The van der Waals surface area contributed by atoms with Crippen LogP contribution in [0.3, 0.4) is 0 Å². The van der Waals surface area contributed by atoms with Gasteiger partial charge in [0.1, 0.15) is 6.54 Å². The molecule has 0 heterocycles. The predicted octanol–water partition coefficient (Wildman–Crippen LogP) is 0.589. The van der Waals surface area contributed by atoms with Crippen LogP contribution < -0.4 is 10.2 Å². The standard InChI is InChI=1S/C15H20N4O2/c1-12(20)19(11-15(21)17-7-8-18(2)3)14-6-4-5-13(9-14)10-16/h4-6,9H,7-8,11H2,1-3H3,(H,17,21). The summed E-state index contributed by atoms with van der Waals surface area (Å²) in [6.45, 7) is 2.59. The van der Waals surface area contributed by atoms with Crippen LogP contribution in [0.1, 0.15) is 12.5 Å². The lowest BCUT2D eigenvalue weighted by atomic mass is 10.2. The topological polar surface area (TPSA) is 76.4 Å². The Morgan fingerprint density at radius 2 is 2.05 bits per heavy atom. The fourth-order valence-electron chi connectivity index (χ4n) is 1.75. The number of anilines is 1. The molecule has 0 atom stereocenters. The molecule has 0 radical (unpaired) electrons. The molecule has 0 aliphatic carbocycles. The van der Waals surface area contributed by atoms with Crippen molar-refractivity contribution in [2.45, 2.75) is 6.92 Å². The first-order chi connectivity index (χ1) is 9.93. The van der Waals surface area contributed by atoms with Crippen molar-refractivity contribution in [2.24, 2.45) is 0 Å². The summed E-state index contributed by atoms with van der Waals surface area (Å²) in [4.78, 5) is 26.9. The number of amides is 2. The summed E-state index contributed by atoms with van der Waals surface area (Å²) in [5.74, 6) is -0.470. The molecular formula is C15H20N4O2. The van der Waals surface area contributed by atoms with Gasteiger partial charge in [-0.1, -0.05) is 6.07 Å². The van der Waals surface area contributed by atoms with E-state index in [2.05, 4.69) is 5.32 Å². The van der Waals surface area contributed by atoms with Gasteiger partial charge in [-0.2, -0.15) is 5.26 Å². The number of hydrogen-bond donors (Lipinski definition) is 1. The smallest absolute Gasteiger partial charge is 0.240 e. The number of rotatable bonds is 6. The van der Waals surface area contributed by atoms with E-state index in [9.17, 15) is 9.59 Å². The number of carbonyl (C=O) groups is 2. The molecule has 21 heavy (non-hydrogen) atoms. The Balaban J connectivity index is 2.72. The first-order valence-electron chi connectivity index (χ1n) is 6.63. The van der Waals surface area contributed by atoms with E-state index in [1.54, 1.807) is 24.3 Å². The minimum absolute atomic E-state index is 0.0579. The third-order valence-electron chi connectivity index (χ3n) is 2.85. The molecule has 0 saturated carbocycles. The van der Waals surface area contributed by atoms with Gasteiger partial charge in [0.15, 0.2) is 0 Å². The molecule has 1 aromatic carbocycles. The van der Waals surface area contributed by atoms with E-state index in [-0.39, 0.29) is 18.4 Å². The fourth-order valence-corrected chi connectivity index (χ4v) is 1.75. The Hall–Kier alpha value is -2.39. The molecule has 2 amide bonds. The maximum Gasteiger partial charge on any atom is 0.240 e. The van der Waals surface area contributed by atoms with Crippen LogP contribution in [0.2, 0.25) is 0 Å². The van der Waals surface area contributed by atoms with Crippen molar-refractivity contribution >= 4 is 17.5 Å². The zero-order valence-electron chi connectivity index (χ0n) is 12.6. The molecule has 0 saturated heterocycles. The van der Waals surface area contributed by atoms with Gasteiger partial charge in [0.05, 0.1) is 11.6 Å². The Labute approximate surface area is 125 Å². The lowest BCUT2D eigenvalue weighted by Gasteiger charge is -2.21. The second-order valence-electron chi connectivity index (χ2n) is 4.92. The molecule has 0 aromatic heterocycles. The summed E-state index contributed by atoms with van der Waals surface area (Å²) >= 11 is 0. The van der Waals surface area contributed by atoms with Crippen LogP contribution in [0.5, 0.6) is 0 Å². The average molecular weight is 288 g/mol. The highest BCUT2D eigenvalue weighted by atomic mass is 16.2. The fraction of sp³-hybridized carbons (Fsp3) is 0.400. The van der Waals surface area contributed by atoms with Crippen molar-refractivity contribution in [2.75, 3.05) is 38.6 Å². The maximum absolute atomic E-state index is 11.9. The number of nitrogens with zero attached hydrogens (tertiary/aromatic N) is 3. The van der Waals surface area contributed by atoms with Gasteiger partial charge >= 0.3 is 0 Å². The first-order valence-corrected chi connectivity index (χ1v) is 6.63. The van der Waals surface area contributed by atoms with E-state index in [4.69, 9.17) is 5.26 Å². The third kappa shape index (κ3) is 5.63. The molecular weight excluding hydrogens is 268 g/mol. The maximum atomic E-state index is 11.9. The zero-order valence-corrected chi connectivity index (χ0v) is 12.6. The molecule has 6 nitrogen and oxygen atoms in total. The van der Waals surface area contributed by atoms with Crippen LogP contribution in [-0.4, -0.2) is 50.4 Å². The van der Waals surface area contributed by atoms with Crippen molar-refractivity contribution in [1.82, 2.24) is 10.2 Å². The second-order valence-corrected chi connectivity index (χ2v) is 4.92. The summed E-state index contributed by atoms with van der Waals surface area (Å²) in [6, 6.07) is 8.65. The average Bonchev–Trinajstić information content (AvgIpc) is 2.44. The number of likely N-dealkylation sites (N-methyl/N-ethyl adjacent to an activating group) is 1. The SMILES string of the molecule is CC(=O)N(CC(=O)NCCN(C)C)c1cccc(C#N)c1. The lowest BCUT2D eigenvalue weighted by molar-refractivity contribution is -0.123. The van der Waals surface area contributed by atoms with Crippen molar-refractivity contribution in [3.05, 3.63) is 29.8 Å². The van der Waals surface area contributed by atoms with Gasteiger partial charge in [-0.15, -0.1) is 0 Å². The lowest BCUT2D eigenvalue weighted by Crippen LogP contribution is -2.41. The Kier molecular flexibility index (Phi) is 6.37. The molecule has 0 aliphatic rings. The molecule has 6 heteroatoms. The molecule has 1 aromatic rings. The molecule has 1 rings (SSSR count). The zero-order chi connectivity index (χ0) is 15.8. The van der Waals surface area contributed by atoms with Gasteiger partial charge in [-0.25, -0.2) is 0 Å². The minimum atomic E-state index is -0.243. The highest BCUT2D eigenvalue weighted by Gasteiger charge is 2.15. The van der Waals surface area contributed by atoms with Gasteiger partial charge in [0.25, 0.3) is 0 Å². The normalized spacial score (nSPS) is 10.0. The summed E-state index contributed by atoms with van der Waals surface area (Å²) in [5, 5.41) is 11.7. The summed E-state index contributed by atoms with van der Waals surface area (Å²) in [6.07, 6.45) is 0. The van der Waals surface area contributed by atoms with Gasteiger partial charge in [-0.05, 0) is 32.3 Å². The van der Waals surface area contributed by atoms with E-state index in [0.717, 1.165) is 6.54 Å². The van der Waals surface area contributed by atoms with Gasteiger partial charge in [0.2, 0.25) is 11.8 Å². The molecule has 1 N–H and O–H groups in total. The van der Waals surface area contributed by atoms with Crippen LogP contribution in [-0.2, 0) is 9.59 Å². The first kappa shape index (κ1) is 16.7. The highest BCUT2D eigenvalue weighted by Crippen LogP contribution is 2.15. The van der Waals surface area contributed by atoms with Crippen LogP contribution >= 0.6 is 0 Å². The molecule has 0 unspecified atom stereocenters. The van der Waals surface area contributed by atoms with Crippen LogP contribution in [0.25, 0.3) is 0 Å². The quantitative estimate of drug-likeness (QED) is 0.831. The van der Waals surface area contributed by atoms with Crippen molar-refractivity contribution in [3.63, 3.8) is 0 Å². The molecule has 0 aliphatic heterocycles. The largest absolute Gasteiger partial charge is 0.353 e. The van der Waals surface area contributed by atoms with E-state index < -0.39 is 0 Å². The van der Waals surface area contributed by atoms with Crippen LogP contribution in [0, 0.1) is 11.3 Å². The van der Waals surface area contributed by atoms with Gasteiger partial charge in [0, 0.05) is 25.7 Å². The number of nitrogens with one attached hydrogen (secondary N) is 1. The monoisotopic (exact) mass is 288 g/mol. The third-order valence-corrected chi connectivity index (χ3v) is 2.85. The van der Waals surface area contributed by atoms with Crippen LogP contribution in [0.4, 0.5) is 5.69 Å². The number of carbonyl (C=O) groups excluding carboxylic acids is 2. The molecule has 0 fully saturated rings. The molecule has 0 bridgehead atoms. The van der Waals surface area contributed by atoms with Crippen molar-refractivity contribution in [3.8, 4) is 6.07 Å². The van der Waals surface area contributed by atoms with Gasteiger partial charge < -0.3 is 15.1 Å². The van der Waals surface area contributed by atoms with Crippen molar-refractivity contribution in [1.29, 1.82) is 5.26 Å². The second kappa shape index (κ2) is 8.02. The molecule has 0 spiro atoms. The Morgan fingerprint density at radius 3 is 2.62 bits per heavy atom. The number of benzene rings is 1. The van der Waals surface area contributed by atoms with E-state index in [0.29, 0.717) is 17.8 Å².